The lowest BCUT2D eigenvalue weighted by atomic mass is 10.3. The lowest BCUT2D eigenvalue weighted by Crippen LogP contribution is -2.18. The van der Waals surface area contributed by atoms with Crippen LogP contribution in [0.15, 0.2) is 39.0 Å². The minimum absolute atomic E-state index is 0. The second-order valence-electron chi connectivity index (χ2n) is 3.73. The van der Waals surface area contributed by atoms with Gasteiger partial charge < -0.3 is 10.6 Å². The van der Waals surface area contributed by atoms with Crippen LogP contribution in [0.1, 0.15) is 6.42 Å². The van der Waals surface area contributed by atoms with Crippen molar-refractivity contribution in [3.05, 3.63) is 29.8 Å². The first-order valence-electron chi connectivity index (χ1n) is 5.76. The van der Waals surface area contributed by atoms with E-state index in [1.807, 2.05) is 31.3 Å². The first kappa shape index (κ1) is 16.9. The summed E-state index contributed by atoms with van der Waals surface area (Å²) in [5, 5.41) is 13.6. The minimum atomic E-state index is 0. The van der Waals surface area contributed by atoms with Crippen molar-refractivity contribution in [2.45, 2.75) is 15.7 Å². The summed E-state index contributed by atoms with van der Waals surface area (Å²) in [7, 11) is 1.83. The molecule has 20 heavy (non-hydrogen) atoms. The average molecular weight is 331 g/mol. The van der Waals surface area contributed by atoms with E-state index in [9.17, 15) is 4.79 Å². The molecule has 0 bridgehead atoms. The maximum Gasteiger partial charge on any atom is 0.225 e. The summed E-state index contributed by atoms with van der Waals surface area (Å²) in [4.78, 5) is 12.6. The van der Waals surface area contributed by atoms with Gasteiger partial charge in [0.15, 0.2) is 4.34 Å². The molecule has 0 aliphatic rings. The van der Waals surface area contributed by atoms with Crippen molar-refractivity contribution in [3.8, 4) is 0 Å². The lowest BCUT2D eigenvalue weighted by Gasteiger charge is -2.05. The quantitative estimate of drug-likeness (QED) is 0.852. The molecule has 0 unspecified atom stereocenters. The normalized spacial score (nSPS) is 9.85. The number of carbonyl (C=O) groups excluding carboxylic acids is 1. The van der Waals surface area contributed by atoms with Crippen LogP contribution in [0.2, 0.25) is 0 Å². The van der Waals surface area contributed by atoms with Gasteiger partial charge in [0.2, 0.25) is 5.91 Å². The third-order valence-corrected chi connectivity index (χ3v) is 4.07. The Morgan fingerprint density at radius 2 is 2.10 bits per heavy atom. The number of rotatable bonds is 6. The highest BCUT2D eigenvalue weighted by Gasteiger charge is 2.03. The van der Waals surface area contributed by atoms with E-state index in [-0.39, 0.29) is 18.3 Å². The van der Waals surface area contributed by atoms with Crippen LogP contribution in [0.5, 0.6) is 0 Å². The van der Waals surface area contributed by atoms with Crippen molar-refractivity contribution in [2.24, 2.45) is 0 Å². The Morgan fingerprint density at radius 3 is 2.70 bits per heavy atom. The van der Waals surface area contributed by atoms with Gasteiger partial charge in [0, 0.05) is 23.5 Å². The highest BCUT2D eigenvalue weighted by Crippen LogP contribution is 2.29. The van der Waals surface area contributed by atoms with Gasteiger partial charge in [-0.25, -0.2) is 0 Å². The number of amides is 1. The van der Waals surface area contributed by atoms with Crippen LogP contribution in [0.4, 0.5) is 5.69 Å². The largest absolute Gasteiger partial charge is 0.326 e. The molecule has 1 heterocycles. The molecule has 5 nitrogen and oxygen atoms in total. The van der Waals surface area contributed by atoms with Gasteiger partial charge in [0.05, 0.1) is 0 Å². The Balaban J connectivity index is 0.00000200. The average Bonchev–Trinajstić information content (AvgIpc) is 2.91. The summed E-state index contributed by atoms with van der Waals surface area (Å²) in [6.07, 6.45) is 0.470. The smallest absolute Gasteiger partial charge is 0.225 e. The van der Waals surface area contributed by atoms with E-state index < -0.39 is 0 Å². The maximum atomic E-state index is 11.5. The first-order valence-corrected chi connectivity index (χ1v) is 7.46. The van der Waals surface area contributed by atoms with E-state index in [0.717, 1.165) is 14.9 Å². The van der Waals surface area contributed by atoms with E-state index in [1.54, 1.807) is 17.3 Å². The van der Waals surface area contributed by atoms with Gasteiger partial charge in [0.1, 0.15) is 5.51 Å². The van der Waals surface area contributed by atoms with Crippen LogP contribution in [0.3, 0.4) is 0 Å². The first-order chi connectivity index (χ1) is 9.28. The Kier molecular flexibility index (Phi) is 7.53. The van der Waals surface area contributed by atoms with Crippen LogP contribution in [0, 0.1) is 0 Å². The Morgan fingerprint density at radius 1 is 1.35 bits per heavy atom. The highest BCUT2D eigenvalue weighted by atomic mass is 35.5. The molecule has 2 rings (SSSR count). The highest BCUT2D eigenvalue weighted by molar-refractivity contribution is 8.01. The zero-order chi connectivity index (χ0) is 13.5. The van der Waals surface area contributed by atoms with Gasteiger partial charge in [-0.05, 0) is 31.3 Å². The Labute approximate surface area is 132 Å². The molecular weight excluding hydrogens is 316 g/mol. The molecule has 2 N–H and O–H groups in total. The van der Waals surface area contributed by atoms with Gasteiger partial charge in [-0.1, -0.05) is 23.1 Å². The predicted molar refractivity (Wildman–Crippen MR) is 84.9 cm³/mol. The van der Waals surface area contributed by atoms with Crippen molar-refractivity contribution in [2.75, 3.05) is 18.9 Å². The van der Waals surface area contributed by atoms with Gasteiger partial charge in [-0.3, -0.25) is 4.79 Å². The molecule has 0 spiro atoms. The summed E-state index contributed by atoms with van der Waals surface area (Å²) in [6, 6.07) is 7.70. The standard InChI is InChI=1S/C12H14N4OS2.ClH/c1-13-7-6-11(17)15-9-2-4-10(5-3-9)19-12-16-14-8-18-12;/h2-5,8,13H,6-7H2,1H3,(H,15,17);1H. The summed E-state index contributed by atoms with van der Waals surface area (Å²) < 4.78 is 0.908. The van der Waals surface area contributed by atoms with E-state index in [1.165, 1.54) is 11.3 Å². The van der Waals surface area contributed by atoms with Crippen LogP contribution >= 0.6 is 35.5 Å². The summed E-state index contributed by atoms with van der Waals surface area (Å²) in [5.41, 5.74) is 2.52. The SMILES string of the molecule is CNCCC(=O)Nc1ccc(Sc2nncs2)cc1.Cl. The zero-order valence-corrected chi connectivity index (χ0v) is 13.3. The fourth-order valence-corrected chi connectivity index (χ4v) is 2.83. The molecular formula is C12H15ClN4OS2. The van der Waals surface area contributed by atoms with Crippen LogP contribution in [-0.4, -0.2) is 29.7 Å². The number of nitrogens with one attached hydrogen (secondary N) is 2. The van der Waals surface area contributed by atoms with Crippen molar-refractivity contribution >= 4 is 47.1 Å². The van der Waals surface area contributed by atoms with Gasteiger partial charge >= 0.3 is 0 Å². The van der Waals surface area contributed by atoms with Crippen molar-refractivity contribution in [1.82, 2.24) is 15.5 Å². The van der Waals surface area contributed by atoms with Crippen LogP contribution < -0.4 is 10.6 Å². The number of benzene rings is 1. The van der Waals surface area contributed by atoms with Gasteiger partial charge in [0.25, 0.3) is 0 Å². The van der Waals surface area contributed by atoms with Crippen molar-refractivity contribution in [3.63, 3.8) is 0 Å². The minimum Gasteiger partial charge on any atom is -0.326 e. The molecule has 0 radical (unpaired) electrons. The Bertz CT molecular complexity index is 519. The van der Waals surface area contributed by atoms with Crippen LogP contribution in [0.25, 0.3) is 0 Å². The number of hydrogen-bond acceptors (Lipinski definition) is 6. The van der Waals surface area contributed by atoms with Crippen molar-refractivity contribution in [1.29, 1.82) is 0 Å². The summed E-state index contributed by atoms with van der Waals surface area (Å²) in [6.45, 7) is 0.677. The van der Waals surface area contributed by atoms with E-state index in [0.29, 0.717) is 13.0 Å². The van der Waals surface area contributed by atoms with Crippen LogP contribution in [-0.2, 0) is 4.79 Å². The molecule has 0 saturated heterocycles. The molecule has 1 aromatic carbocycles. The number of anilines is 1. The lowest BCUT2D eigenvalue weighted by molar-refractivity contribution is -0.116. The number of aromatic nitrogens is 2. The molecule has 0 atom stereocenters. The number of hydrogen-bond donors (Lipinski definition) is 2. The van der Waals surface area contributed by atoms with E-state index >= 15 is 0 Å². The third kappa shape index (κ3) is 5.46. The van der Waals surface area contributed by atoms with E-state index in [2.05, 4.69) is 20.8 Å². The third-order valence-electron chi connectivity index (χ3n) is 2.29. The molecule has 1 aromatic heterocycles. The second kappa shape index (κ2) is 8.91. The van der Waals surface area contributed by atoms with Gasteiger partial charge in [-0.15, -0.1) is 22.6 Å². The monoisotopic (exact) mass is 330 g/mol. The number of nitrogens with zero attached hydrogens (tertiary/aromatic N) is 2. The molecule has 1 amide bonds. The van der Waals surface area contributed by atoms with Crippen molar-refractivity contribution < 1.29 is 4.79 Å². The predicted octanol–water partition coefficient (Wildman–Crippen LogP) is 2.66. The molecule has 2 aromatic rings. The van der Waals surface area contributed by atoms with Gasteiger partial charge in [-0.2, -0.15) is 0 Å². The molecule has 0 saturated carbocycles. The fourth-order valence-electron chi connectivity index (χ4n) is 1.38. The topological polar surface area (TPSA) is 66.9 Å². The maximum absolute atomic E-state index is 11.5. The van der Waals surface area contributed by atoms with E-state index in [4.69, 9.17) is 0 Å². The molecule has 8 heteroatoms. The summed E-state index contributed by atoms with van der Waals surface area (Å²) in [5.74, 6) is 0.0128. The molecule has 0 fully saturated rings. The number of halogens is 1. The molecule has 0 aliphatic heterocycles. The molecule has 0 aliphatic carbocycles. The molecule has 108 valence electrons. The Hall–Kier alpha value is -1.15. The fraction of sp³-hybridized carbons (Fsp3) is 0.250. The zero-order valence-electron chi connectivity index (χ0n) is 10.8. The second-order valence-corrected chi connectivity index (χ2v) is 5.89. The summed E-state index contributed by atoms with van der Waals surface area (Å²) >= 11 is 3.06. The number of carbonyl (C=O) groups is 1.